The van der Waals surface area contributed by atoms with Crippen LogP contribution in [0.5, 0.6) is 5.75 Å². The zero-order valence-corrected chi connectivity index (χ0v) is 10.5. The molecule has 0 aliphatic heterocycles. The molecular formula is C12H19N3O2. The first-order valence-corrected chi connectivity index (χ1v) is 5.50. The van der Waals surface area contributed by atoms with Gasteiger partial charge in [0, 0.05) is 13.6 Å². The van der Waals surface area contributed by atoms with E-state index < -0.39 is 0 Å². The Morgan fingerprint density at radius 3 is 2.82 bits per heavy atom. The van der Waals surface area contributed by atoms with Crippen LogP contribution in [0.15, 0.2) is 18.2 Å². The van der Waals surface area contributed by atoms with E-state index in [0.717, 1.165) is 0 Å². The molecule has 5 heteroatoms. The van der Waals surface area contributed by atoms with E-state index in [9.17, 15) is 4.79 Å². The van der Waals surface area contributed by atoms with Crippen molar-refractivity contribution in [3.63, 3.8) is 0 Å². The maximum atomic E-state index is 11.6. The van der Waals surface area contributed by atoms with E-state index in [0.29, 0.717) is 23.7 Å². The normalized spacial score (nSPS) is 9.82. The van der Waals surface area contributed by atoms with Gasteiger partial charge in [0.2, 0.25) is 5.91 Å². The van der Waals surface area contributed by atoms with Gasteiger partial charge in [-0.15, -0.1) is 0 Å². The highest BCUT2D eigenvalue weighted by Crippen LogP contribution is 2.28. The van der Waals surface area contributed by atoms with E-state index in [1.165, 1.54) is 0 Å². The van der Waals surface area contributed by atoms with Crippen molar-refractivity contribution in [3.05, 3.63) is 18.2 Å². The van der Waals surface area contributed by atoms with Gasteiger partial charge in [-0.2, -0.15) is 0 Å². The number of benzene rings is 1. The van der Waals surface area contributed by atoms with Gasteiger partial charge in [0.15, 0.2) is 0 Å². The Balaban J connectivity index is 2.67. The number of nitrogens with two attached hydrogens (primary N) is 1. The lowest BCUT2D eigenvalue weighted by Crippen LogP contribution is -2.32. The monoisotopic (exact) mass is 237 g/mol. The van der Waals surface area contributed by atoms with Gasteiger partial charge in [-0.25, -0.2) is 0 Å². The van der Waals surface area contributed by atoms with Crippen LogP contribution in [0.3, 0.4) is 0 Å². The first kappa shape index (κ1) is 13.2. The molecule has 0 saturated carbocycles. The summed E-state index contributed by atoms with van der Waals surface area (Å²) >= 11 is 0. The van der Waals surface area contributed by atoms with Crippen molar-refractivity contribution in [1.29, 1.82) is 0 Å². The topological polar surface area (TPSA) is 67.6 Å². The van der Waals surface area contributed by atoms with Gasteiger partial charge < -0.3 is 20.7 Å². The molecule has 5 nitrogen and oxygen atoms in total. The number of likely N-dealkylation sites (N-methyl/N-ethyl adjacent to an activating group) is 1. The fraction of sp³-hybridized carbons (Fsp3) is 0.417. The van der Waals surface area contributed by atoms with Gasteiger partial charge in [0.05, 0.1) is 25.0 Å². The minimum absolute atomic E-state index is 0.0229. The number of hydrogen-bond acceptors (Lipinski definition) is 4. The van der Waals surface area contributed by atoms with Crippen molar-refractivity contribution in [3.8, 4) is 5.75 Å². The average Bonchev–Trinajstić information content (AvgIpc) is 2.36. The highest BCUT2D eigenvalue weighted by atomic mass is 16.5. The molecular weight excluding hydrogens is 218 g/mol. The molecule has 17 heavy (non-hydrogen) atoms. The van der Waals surface area contributed by atoms with E-state index in [1.807, 2.05) is 19.1 Å². The van der Waals surface area contributed by atoms with Gasteiger partial charge in [0.25, 0.3) is 0 Å². The Morgan fingerprint density at radius 1 is 1.53 bits per heavy atom. The molecule has 0 fully saturated rings. The molecule has 0 unspecified atom stereocenters. The molecule has 0 aliphatic carbocycles. The molecule has 1 aromatic carbocycles. The SMILES string of the molecule is CCN(C)C(=O)CNc1cccc(OC)c1N. The van der Waals surface area contributed by atoms with Crippen LogP contribution in [0.1, 0.15) is 6.92 Å². The summed E-state index contributed by atoms with van der Waals surface area (Å²) < 4.78 is 5.10. The van der Waals surface area contributed by atoms with Crippen molar-refractivity contribution in [2.45, 2.75) is 6.92 Å². The molecule has 1 aromatic rings. The molecule has 0 aromatic heterocycles. The Bertz CT molecular complexity index is 393. The van der Waals surface area contributed by atoms with Crippen LogP contribution in [0.4, 0.5) is 11.4 Å². The smallest absolute Gasteiger partial charge is 0.241 e. The Labute approximate surface area is 102 Å². The third-order valence-corrected chi connectivity index (χ3v) is 2.62. The lowest BCUT2D eigenvalue weighted by Gasteiger charge is -2.16. The van der Waals surface area contributed by atoms with Gasteiger partial charge in [-0.1, -0.05) is 6.07 Å². The highest BCUT2D eigenvalue weighted by molar-refractivity contribution is 5.83. The van der Waals surface area contributed by atoms with Gasteiger partial charge in [-0.3, -0.25) is 4.79 Å². The van der Waals surface area contributed by atoms with E-state index in [-0.39, 0.29) is 12.5 Å². The van der Waals surface area contributed by atoms with E-state index >= 15 is 0 Å². The Hall–Kier alpha value is -1.91. The number of carbonyl (C=O) groups excluding carboxylic acids is 1. The van der Waals surface area contributed by atoms with Crippen LogP contribution < -0.4 is 15.8 Å². The summed E-state index contributed by atoms with van der Waals surface area (Å²) in [5.41, 5.74) is 7.10. The Kier molecular flexibility index (Phi) is 4.63. The minimum Gasteiger partial charge on any atom is -0.495 e. The molecule has 0 bridgehead atoms. The summed E-state index contributed by atoms with van der Waals surface area (Å²) in [6.07, 6.45) is 0. The number of nitrogens with zero attached hydrogens (tertiary/aromatic N) is 1. The molecule has 0 radical (unpaired) electrons. The zero-order valence-electron chi connectivity index (χ0n) is 10.5. The summed E-state index contributed by atoms with van der Waals surface area (Å²) in [6, 6.07) is 5.42. The standard InChI is InChI=1S/C12H19N3O2/c1-4-15(2)11(16)8-14-9-6-5-7-10(17-3)12(9)13/h5-7,14H,4,8,13H2,1-3H3. The van der Waals surface area contributed by atoms with Crippen LogP contribution >= 0.6 is 0 Å². The third kappa shape index (κ3) is 3.27. The molecule has 94 valence electrons. The molecule has 0 aliphatic rings. The first-order valence-electron chi connectivity index (χ1n) is 5.50. The number of methoxy groups -OCH3 is 1. The zero-order chi connectivity index (χ0) is 12.8. The summed E-state index contributed by atoms with van der Waals surface area (Å²) in [4.78, 5) is 13.2. The predicted octanol–water partition coefficient (Wildman–Crippen LogP) is 1.17. The third-order valence-electron chi connectivity index (χ3n) is 2.62. The van der Waals surface area contributed by atoms with Gasteiger partial charge in [-0.05, 0) is 19.1 Å². The van der Waals surface area contributed by atoms with Crippen molar-refractivity contribution < 1.29 is 9.53 Å². The Morgan fingerprint density at radius 2 is 2.24 bits per heavy atom. The van der Waals surface area contributed by atoms with Crippen molar-refractivity contribution in [2.75, 3.05) is 38.3 Å². The number of carbonyl (C=O) groups is 1. The second-order valence-corrected chi connectivity index (χ2v) is 3.68. The second-order valence-electron chi connectivity index (χ2n) is 3.68. The van der Waals surface area contributed by atoms with Crippen molar-refractivity contribution >= 4 is 17.3 Å². The lowest BCUT2D eigenvalue weighted by molar-refractivity contribution is -0.127. The quantitative estimate of drug-likeness (QED) is 0.754. The molecule has 1 amide bonds. The number of nitrogen functional groups attached to an aromatic ring is 1. The lowest BCUT2D eigenvalue weighted by atomic mass is 10.2. The average molecular weight is 237 g/mol. The van der Waals surface area contributed by atoms with E-state index in [4.69, 9.17) is 10.5 Å². The van der Waals surface area contributed by atoms with Crippen molar-refractivity contribution in [2.24, 2.45) is 0 Å². The molecule has 0 spiro atoms. The van der Waals surface area contributed by atoms with Crippen LogP contribution in [0.2, 0.25) is 0 Å². The maximum Gasteiger partial charge on any atom is 0.241 e. The molecule has 0 saturated heterocycles. The van der Waals surface area contributed by atoms with Crippen LogP contribution in [-0.4, -0.2) is 38.1 Å². The minimum atomic E-state index is 0.0229. The van der Waals surface area contributed by atoms with Crippen LogP contribution in [0.25, 0.3) is 0 Å². The first-order chi connectivity index (χ1) is 8.10. The van der Waals surface area contributed by atoms with Crippen molar-refractivity contribution in [1.82, 2.24) is 4.90 Å². The molecule has 0 atom stereocenters. The van der Waals surface area contributed by atoms with Crippen LogP contribution in [-0.2, 0) is 4.79 Å². The summed E-state index contributed by atoms with van der Waals surface area (Å²) in [5.74, 6) is 0.626. The summed E-state index contributed by atoms with van der Waals surface area (Å²) in [5, 5.41) is 3.01. The number of para-hydroxylation sites is 1. The largest absolute Gasteiger partial charge is 0.495 e. The fourth-order valence-corrected chi connectivity index (χ4v) is 1.36. The summed E-state index contributed by atoms with van der Waals surface area (Å²) in [6.45, 7) is 2.84. The number of amides is 1. The maximum absolute atomic E-state index is 11.6. The van der Waals surface area contributed by atoms with Gasteiger partial charge in [0.1, 0.15) is 5.75 Å². The fourth-order valence-electron chi connectivity index (χ4n) is 1.36. The number of rotatable bonds is 5. The molecule has 0 heterocycles. The number of nitrogens with one attached hydrogen (secondary N) is 1. The number of ether oxygens (including phenoxy) is 1. The number of anilines is 2. The van der Waals surface area contributed by atoms with Gasteiger partial charge >= 0.3 is 0 Å². The van der Waals surface area contributed by atoms with E-state index in [2.05, 4.69) is 5.32 Å². The second kappa shape index (κ2) is 5.98. The number of hydrogen-bond donors (Lipinski definition) is 2. The highest BCUT2D eigenvalue weighted by Gasteiger charge is 2.08. The molecule has 3 N–H and O–H groups in total. The summed E-state index contributed by atoms with van der Waals surface area (Å²) in [7, 11) is 3.32. The van der Waals surface area contributed by atoms with Crippen LogP contribution in [0, 0.1) is 0 Å². The van der Waals surface area contributed by atoms with E-state index in [1.54, 1.807) is 25.1 Å². The predicted molar refractivity (Wildman–Crippen MR) is 69.2 cm³/mol. The molecule has 1 rings (SSSR count).